The lowest BCUT2D eigenvalue weighted by Crippen LogP contribution is -2.44. The molecule has 0 amide bonds. The molecule has 0 aliphatic heterocycles. The molecule has 0 aliphatic carbocycles. The molecule has 0 bridgehead atoms. The van der Waals surface area contributed by atoms with Crippen LogP contribution in [0.1, 0.15) is 53.0 Å². The Bertz CT molecular complexity index is 537. The Hall–Kier alpha value is -1.36. The molecule has 5 heteroatoms. The maximum Gasteiger partial charge on any atom is 0.191 e. The molecular formula is C19H33N3OS. The largest absolute Gasteiger partial charge is 0.357 e. The van der Waals surface area contributed by atoms with E-state index >= 15 is 0 Å². The highest BCUT2D eigenvalue weighted by Crippen LogP contribution is 2.18. The third-order valence-corrected chi connectivity index (χ3v) is 5.93. The fourth-order valence-corrected chi connectivity index (χ4v) is 3.12. The van der Waals surface area contributed by atoms with E-state index in [0.717, 1.165) is 12.5 Å². The van der Waals surface area contributed by atoms with Crippen LogP contribution in [-0.4, -0.2) is 39.8 Å². The van der Waals surface area contributed by atoms with E-state index in [4.69, 9.17) is 0 Å². The van der Waals surface area contributed by atoms with Crippen LogP contribution in [0, 0.1) is 0 Å². The average molecular weight is 352 g/mol. The monoisotopic (exact) mass is 351 g/mol. The predicted octanol–water partition coefficient (Wildman–Crippen LogP) is 3.28. The molecule has 0 aliphatic rings. The summed E-state index contributed by atoms with van der Waals surface area (Å²) in [5.74, 6) is 1.75. The Morgan fingerprint density at radius 2 is 1.83 bits per heavy atom. The molecule has 0 saturated heterocycles. The Morgan fingerprint density at radius 3 is 2.38 bits per heavy atom. The van der Waals surface area contributed by atoms with E-state index in [9.17, 15) is 4.21 Å². The average Bonchev–Trinajstić information content (AvgIpc) is 2.54. The molecule has 0 fully saturated rings. The number of benzene rings is 1. The molecular weight excluding hydrogens is 318 g/mol. The molecule has 0 spiro atoms. The van der Waals surface area contributed by atoms with Crippen molar-refractivity contribution < 1.29 is 4.21 Å². The quantitative estimate of drug-likeness (QED) is 0.585. The first kappa shape index (κ1) is 20.7. The number of guanidine groups is 1. The van der Waals surface area contributed by atoms with E-state index in [0.29, 0.717) is 18.2 Å². The van der Waals surface area contributed by atoms with Crippen LogP contribution < -0.4 is 10.6 Å². The minimum atomic E-state index is -0.871. The molecule has 1 aromatic carbocycles. The van der Waals surface area contributed by atoms with Gasteiger partial charge in [0.2, 0.25) is 0 Å². The molecule has 0 heterocycles. The molecule has 24 heavy (non-hydrogen) atoms. The van der Waals surface area contributed by atoms with Crippen LogP contribution in [0.4, 0.5) is 0 Å². The summed E-state index contributed by atoms with van der Waals surface area (Å²) in [4.78, 5) is 4.58. The molecule has 1 aromatic rings. The highest BCUT2D eigenvalue weighted by Gasteiger charge is 2.19. The molecule has 0 radical (unpaired) electrons. The van der Waals surface area contributed by atoms with Crippen molar-refractivity contribution in [1.29, 1.82) is 0 Å². The van der Waals surface area contributed by atoms with Gasteiger partial charge in [0.15, 0.2) is 5.96 Å². The molecule has 4 nitrogen and oxygen atoms in total. The SMILES string of the molecule is CCNC(=NCCS(=O)C(C)(C)C)NC(C)C(C)c1ccccc1. The van der Waals surface area contributed by atoms with Crippen molar-refractivity contribution in [3.63, 3.8) is 0 Å². The molecule has 0 saturated carbocycles. The van der Waals surface area contributed by atoms with Crippen molar-refractivity contribution in [3.8, 4) is 0 Å². The van der Waals surface area contributed by atoms with Crippen molar-refractivity contribution in [2.24, 2.45) is 4.99 Å². The maximum absolute atomic E-state index is 12.1. The van der Waals surface area contributed by atoms with E-state index in [1.807, 2.05) is 26.8 Å². The minimum absolute atomic E-state index is 0.184. The second-order valence-electron chi connectivity index (χ2n) is 7.06. The number of rotatable bonds is 7. The Labute approximate surface area is 150 Å². The second-order valence-corrected chi connectivity index (χ2v) is 9.38. The Morgan fingerprint density at radius 1 is 1.21 bits per heavy atom. The third kappa shape index (κ3) is 7.04. The van der Waals surface area contributed by atoms with E-state index in [1.54, 1.807) is 0 Å². The minimum Gasteiger partial charge on any atom is -0.357 e. The van der Waals surface area contributed by atoms with E-state index < -0.39 is 10.8 Å². The van der Waals surface area contributed by atoms with Crippen LogP contribution in [0.5, 0.6) is 0 Å². The number of nitrogens with one attached hydrogen (secondary N) is 2. The summed E-state index contributed by atoms with van der Waals surface area (Å²) in [6, 6.07) is 10.7. The zero-order valence-corrected chi connectivity index (χ0v) is 16.7. The smallest absolute Gasteiger partial charge is 0.191 e. The Balaban J connectivity index is 2.64. The van der Waals surface area contributed by atoms with Crippen molar-refractivity contribution in [3.05, 3.63) is 35.9 Å². The van der Waals surface area contributed by atoms with Crippen molar-refractivity contribution >= 4 is 16.8 Å². The molecule has 3 atom stereocenters. The summed E-state index contributed by atoms with van der Waals surface area (Å²) in [7, 11) is -0.871. The van der Waals surface area contributed by atoms with Gasteiger partial charge >= 0.3 is 0 Å². The summed E-state index contributed by atoms with van der Waals surface area (Å²) in [6.45, 7) is 13.8. The second kappa shape index (κ2) is 9.82. The maximum atomic E-state index is 12.1. The normalized spacial score (nSPS) is 16.3. The first-order chi connectivity index (χ1) is 11.3. The van der Waals surface area contributed by atoms with Gasteiger partial charge in [0.25, 0.3) is 0 Å². The van der Waals surface area contributed by atoms with Gasteiger partial charge < -0.3 is 10.6 Å². The molecule has 3 unspecified atom stereocenters. The highest BCUT2D eigenvalue weighted by molar-refractivity contribution is 7.86. The molecule has 0 aromatic heterocycles. The number of nitrogens with zero attached hydrogens (tertiary/aromatic N) is 1. The third-order valence-electron chi connectivity index (χ3n) is 4.01. The van der Waals surface area contributed by atoms with Gasteiger partial charge in [0.1, 0.15) is 0 Å². The first-order valence-corrected chi connectivity index (χ1v) is 10.1. The van der Waals surface area contributed by atoms with Gasteiger partial charge in [-0.2, -0.15) is 0 Å². The number of hydrogen-bond acceptors (Lipinski definition) is 2. The van der Waals surface area contributed by atoms with Crippen molar-refractivity contribution in [1.82, 2.24) is 10.6 Å². The summed E-state index contributed by atoms with van der Waals surface area (Å²) in [6.07, 6.45) is 0. The first-order valence-electron chi connectivity index (χ1n) is 8.74. The zero-order valence-electron chi connectivity index (χ0n) is 15.9. The summed E-state index contributed by atoms with van der Waals surface area (Å²) >= 11 is 0. The zero-order chi connectivity index (χ0) is 18.2. The molecule has 1 rings (SSSR count). The number of hydrogen-bond donors (Lipinski definition) is 2. The van der Waals surface area contributed by atoms with Gasteiger partial charge in [0.05, 0.1) is 6.54 Å². The van der Waals surface area contributed by atoms with Gasteiger partial charge in [-0.25, -0.2) is 0 Å². The standard InChI is InChI=1S/C19H33N3OS/c1-7-20-18(21-13-14-24(23)19(4,5)6)22-16(3)15(2)17-11-9-8-10-12-17/h8-12,15-16H,7,13-14H2,1-6H3,(H2,20,21,22). The summed E-state index contributed by atoms with van der Waals surface area (Å²) < 4.78 is 11.9. The van der Waals surface area contributed by atoms with E-state index in [2.05, 4.69) is 60.7 Å². The van der Waals surface area contributed by atoms with Crippen molar-refractivity contribution in [2.45, 2.75) is 58.2 Å². The van der Waals surface area contributed by atoms with Gasteiger partial charge in [-0.05, 0) is 40.2 Å². The Kier molecular flexibility index (Phi) is 8.46. The lowest BCUT2D eigenvalue weighted by atomic mass is 9.94. The van der Waals surface area contributed by atoms with Gasteiger partial charge in [-0.15, -0.1) is 0 Å². The van der Waals surface area contributed by atoms with Crippen LogP contribution in [0.2, 0.25) is 0 Å². The molecule has 136 valence electrons. The van der Waals surface area contributed by atoms with E-state index in [1.165, 1.54) is 5.56 Å². The lowest BCUT2D eigenvalue weighted by Gasteiger charge is -2.24. The van der Waals surface area contributed by atoms with Crippen LogP contribution in [0.15, 0.2) is 35.3 Å². The van der Waals surface area contributed by atoms with Crippen LogP contribution in [0.3, 0.4) is 0 Å². The van der Waals surface area contributed by atoms with Crippen LogP contribution in [0.25, 0.3) is 0 Å². The van der Waals surface area contributed by atoms with Gasteiger partial charge in [0, 0.05) is 39.8 Å². The van der Waals surface area contributed by atoms with Crippen LogP contribution >= 0.6 is 0 Å². The topological polar surface area (TPSA) is 53.5 Å². The van der Waals surface area contributed by atoms with Gasteiger partial charge in [-0.1, -0.05) is 37.3 Å². The van der Waals surface area contributed by atoms with E-state index in [-0.39, 0.29) is 10.8 Å². The summed E-state index contributed by atoms with van der Waals surface area (Å²) in [5, 5.41) is 6.74. The highest BCUT2D eigenvalue weighted by atomic mass is 32.2. The van der Waals surface area contributed by atoms with Crippen LogP contribution in [-0.2, 0) is 10.8 Å². The molecule has 2 N–H and O–H groups in total. The lowest BCUT2D eigenvalue weighted by molar-refractivity contribution is 0.550. The predicted molar refractivity (Wildman–Crippen MR) is 106 cm³/mol. The fraction of sp³-hybridized carbons (Fsp3) is 0.632. The van der Waals surface area contributed by atoms with Gasteiger partial charge in [-0.3, -0.25) is 9.20 Å². The fourth-order valence-electron chi connectivity index (χ4n) is 2.25. The number of aliphatic imine (C=N–C) groups is 1. The van der Waals surface area contributed by atoms with Crippen molar-refractivity contribution in [2.75, 3.05) is 18.8 Å². The summed E-state index contributed by atoms with van der Waals surface area (Å²) in [5.41, 5.74) is 1.31.